The van der Waals surface area contributed by atoms with E-state index in [1.165, 1.54) is 10.2 Å². The number of benzene rings is 2. The molecule has 154 valence electrons. The van der Waals surface area contributed by atoms with E-state index in [4.69, 9.17) is 0 Å². The number of amides is 1. The predicted octanol–water partition coefficient (Wildman–Crippen LogP) is 3.36. The SMILES string of the molecule is O=C(Cn1nc(Cc2ccncc2)c2ccccc2c1=O)N1CCCc2ccccc21. The summed E-state index contributed by atoms with van der Waals surface area (Å²) < 4.78 is 1.32. The molecule has 1 aliphatic heterocycles. The number of nitrogens with zero attached hydrogens (tertiary/aromatic N) is 4. The van der Waals surface area contributed by atoms with Gasteiger partial charge in [-0.1, -0.05) is 36.4 Å². The Bertz CT molecular complexity index is 1310. The molecule has 0 fully saturated rings. The van der Waals surface area contributed by atoms with Crippen LogP contribution in [0.4, 0.5) is 5.69 Å². The second-order valence-corrected chi connectivity index (χ2v) is 7.76. The zero-order valence-electron chi connectivity index (χ0n) is 17.1. The van der Waals surface area contributed by atoms with Gasteiger partial charge in [-0.15, -0.1) is 0 Å². The third-order valence-electron chi connectivity index (χ3n) is 5.76. The summed E-state index contributed by atoms with van der Waals surface area (Å²) in [6.45, 7) is 0.573. The molecule has 4 aromatic rings. The maximum Gasteiger partial charge on any atom is 0.275 e. The van der Waals surface area contributed by atoms with Crippen LogP contribution in [0, 0.1) is 0 Å². The Morgan fingerprint density at radius 2 is 1.68 bits per heavy atom. The van der Waals surface area contributed by atoms with E-state index < -0.39 is 0 Å². The Kier molecular flexibility index (Phi) is 5.04. The lowest BCUT2D eigenvalue weighted by Gasteiger charge is -2.29. The molecule has 2 aromatic carbocycles. The first kappa shape index (κ1) is 19.2. The number of hydrogen-bond donors (Lipinski definition) is 0. The molecule has 3 heterocycles. The average molecular weight is 410 g/mol. The molecule has 6 heteroatoms. The summed E-state index contributed by atoms with van der Waals surface area (Å²) >= 11 is 0. The third-order valence-corrected chi connectivity index (χ3v) is 5.76. The van der Waals surface area contributed by atoms with E-state index in [2.05, 4.69) is 16.1 Å². The fourth-order valence-corrected chi connectivity index (χ4v) is 4.24. The van der Waals surface area contributed by atoms with Gasteiger partial charge in [0.2, 0.25) is 5.91 Å². The molecule has 0 unspecified atom stereocenters. The molecule has 5 rings (SSSR count). The summed E-state index contributed by atoms with van der Waals surface area (Å²) in [7, 11) is 0. The summed E-state index contributed by atoms with van der Waals surface area (Å²) in [5.74, 6) is -0.119. The number of fused-ring (bicyclic) bond motifs is 2. The Labute approximate surface area is 179 Å². The second-order valence-electron chi connectivity index (χ2n) is 7.76. The van der Waals surface area contributed by atoms with Gasteiger partial charge < -0.3 is 4.90 Å². The number of aromatic nitrogens is 3. The third kappa shape index (κ3) is 3.72. The zero-order chi connectivity index (χ0) is 21.2. The largest absolute Gasteiger partial charge is 0.311 e. The van der Waals surface area contributed by atoms with Crippen molar-refractivity contribution in [3.05, 3.63) is 100 Å². The lowest BCUT2D eigenvalue weighted by molar-refractivity contribution is -0.119. The second kappa shape index (κ2) is 8.14. The molecule has 0 saturated heterocycles. The van der Waals surface area contributed by atoms with Crippen molar-refractivity contribution in [2.75, 3.05) is 11.4 Å². The van der Waals surface area contributed by atoms with Crippen molar-refractivity contribution in [1.82, 2.24) is 14.8 Å². The normalized spacial score (nSPS) is 13.2. The van der Waals surface area contributed by atoms with Crippen molar-refractivity contribution in [3.63, 3.8) is 0 Å². The smallest absolute Gasteiger partial charge is 0.275 e. The fourth-order valence-electron chi connectivity index (χ4n) is 4.24. The highest BCUT2D eigenvalue weighted by atomic mass is 16.2. The molecule has 31 heavy (non-hydrogen) atoms. The van der Waals surface area contributed by atoms with Crippen LogP contribution < -0.4 is 10.5 Å². The maximum atomic E-state index is 13.2. The molecule has 0 bridgehead atoms. The maximum absolute atomic E-state index is 13.2. The zero-order valence-corrected chi connectivity index (χ0v) is 17.1. The Morgan fingerprint density at radius 1 is 0.935 bits per heavy atom. The van der Waals surface area contributed by atoms with E-state index in [0.29, 0.717) is 18.4 Å². The van der Waals surface area contributed by atoms with Gasteiger partial charge in [-0.05, 0) is 48.2 Å². The molecule has 0 saturated carbocycles. The molecule has 0 aliphatic carbocycles. The molecule has 6 nitrogen and oxygen atoms in total. The van der Waals surface area contributed by atoms with Crippen LogP contribution in [0.1, 0.15) is 23.2 Å². The summed E-state index contributed by atoms with van der Waals surface area (Å²) in [6.07, 6.45) is 5.92. The van der Waals surface area contributed by atoms with Gasteiger partial charge in [-0.2, -0.15) is 5.10 Å². The van der Waals surface area contributed by atoms with Crippen molar-refractivity contribution >= 4 is 22.4 Å². The van der Waals surface area contributed by atoms with Crippen molar-refractivity contribution in [2.24, 2.45) is 0 Å². The van der Waals surface area contributed by atoms with Crippen LogP contribution in [0.2, 0.25) is 0 Å². The molecule has 0 spiro atoms. The van der Waals surface area contributed by atoms with E-state index >= 15 is 0 Å². The number of carbonyl (C=O) groups excluding carboxylic acids is 1. The quantitative estimate of drug-likeness (QED) is 0.517. The molecule has 1 aliphatic rings. The first-order valence-electron chi connectivity index (χ1n) is 10.5. The van der Waals surface area contributed by atoms with Gasteiger partial charge in [0.25, 0.3) is 5.56 Å². The lowest BCUT2D eigenvalue weighted by atomic mass is 10.0. The minimum atomic E-state index is -0.243. The van der Waals surface area contributed by atoms with E-state index in [9.17, 15) is 9.59 Å². The minimum Gasteiger partial charge on any atom is -0.311 e. The van der Waals surface area contributed by atoms with Crippen molar-refractivity contribution < 1.29 is 4.79 Å². The van der Waals surface area contributed by atoms with E-state index in [1.807, 2.05) is 48.5 Å². The van der Waals surface area contributed by atoms with E-state index in [0.717, 1.165) is 35.2 Å². The highest BCUT2D eigenvalue weighted by Gasteiger charge is 2.23. The van der Waals surface area contributed by atoms with Crippen LogP contribution >= 0.6 is 0 Å². The summed E-state index contributed by atoms with van der Waals surface area (Å²) in [4.78, 5) is 32.2. The minimum absolute atomic E-state index is 0.0820. The number of hydrogen-bond acceptors (Lipinski definition) is 4. The Hall–Kier alpha value is -3.80. The van der Waals surface area contributed by atoms with E-state index in [-0.39, 0.29) is 18.0 Å². The summed E-state index contributed by atoms with van der Waals surface area (Å²) in [5, 5.41) is 6.02. The molecule has 1 amide bonds. The van der Waals surface area contributed by atoms with Crippen LogP contribution in [0.3, 0.4) is 0 Å². The van der Waals surface area contributed by atoms with Gasteiger partial charge in [0.05, 0.1) is 11.1 Å². The van der Waals surface area contributed by atoms with Gasteiger partial charge in [0.1, 0.15) is 6.54 Å². The van der Waals surface area contributed by atoms with Crippen molar-refractivity contribution in [1.29, 1.82) is 0 Å². The van der Waals surface area contributed by atoms with Crippen LogP contribution in [-0.2, 0) is 24.2 Å². The average Bonchev–Trinajstić information content (AvgIpc) is 2.82. The van der Waals surface area contributed by atoms with Gasteiger partial charge in [-0.25, -0.2) is 4.68 Å². The van der Waals surface area contributed by atoms with Crippen molar-refractivity contribution in [3.8, 4) is 0 Å². The first-order valence-corrected chi connectivity index (χ1v) is 10.5. The molecule has 2 aromatic heterocycles. The van der Waals surface area contributed by atoms with Gasteiger partial charge in [0.15, 0.2) is 0 Å². The standard InChI is InChI=1S/C25H22N4O2/c30-24(28-15-5-7-19-6-1-4-10-23(19)28)17-29-25(31)21-9-3-2-8-20(21)22(27-29)16-18-11-13-26-14-12-18/h1-4,6,8-14H,5,7,15-17H2. The molecule has 0 atom stereocenters. The number of anilines is 1. The predicted molar refractivity (Wildman–Crippen MR) is 120 cm³/mol. The Balaban J connectivity index is 1.52. The van der Waals surface area contributed by atoms with Gasteiger partial charge in [-0.3, -0.25) is 14.6 Å². The monoisotopic (exact) mass is 410 g/mol. The first-order chi connectivity index (χ1) is 15.2. The summed E-state index contributed by atoms with van der Waals surface area (Å²) in [5.41, 5.74) is 3.68. The highest BCUT2D eigenvalue weighted by molar-refractivity contribution is 5.94. The van der Waals surface area contributed by atoms with Crippen molar-refractivity contribution in [2.45, 2.75) is 25.8 Å². The van der Waals surface area contributed by atoms with E-state index in [1.54, 1.807) is 23.4 Å². The molecule has 0 N–H and O–H groups in total. The van der Waals surface area contributed by atoms with Crippen LogP contribution in [-0.4, -0.2) is 27.2 Å². The highest BCUT2D eigenvalue weighted by Crippen LogP contribution is 2.27. The number of aryl methyl sites for hydroxylation is 1. The topological polar surface area (TPSA) is 68.1 Å². The Morgan fingerprint density at radius 3 is 2.52 bits per heavy atom. The molecular formula is C25H22N4O2. The van der Waals surface area contributed by atoms with Crippen LogP contribution in [0.15, 0.2) is 77.9 Å². The number of rotatable bonds is 4. The fraction of sp³-hybridized carbons (Fsp3) is 0.200. The lowest BCUT2D eigenvalue weighted by Crippen LogP contribution is -2.40. The van der Waals surface area contributed by atoms with Gasteiger partial charge >= 0.3 is 0 Å². The van der Waals surface area contributed by atoms with Gasteiger partial charge in [0, 0.05) is 36.4 Å². The summed E-state index contributed by atoms with van der Waals surface area (Å²) in [6, 6.07) is 19.3. The molecule has 0 radical (unpaired) electrons. The number of carbonyl (C=O) groups is 1. The van der Waals surface area contributed by atoms with Crippen LogP contribution in [0.5, 0.6) is 0 Å². The van der Waals surface area contributed by atoms with Crippen LogP contribution in [0.25, 0.3) is 10.8 Å². The molecular weight excluding hydrogens is 388 g/mol. The number of para-hydroxylation sites is 1. The number of pyridine rings is 1.